The zero-order valence-corrected chi connectivity index (χ0v) is 12.9. The first-order valence-electron chi connectivity index (χ1n) is 7.49. The molecule has 0 aromatic carbocycles. The van der Waals surface area contributed by atoms with Gasteiger partial charge in [0, 0.05) is 18.8 Å². The maximum absolute atomic E-state index is 5.85. The second kappa shape index (κ2) is 7.25. The highest BCUT2D eigenvalue weighted by Gasteiger charge is 2.22. The molecule has 0 atom stereocenters. The smallest absolute Gasteiger partial charge is 0.129 e. The molecular formula is C16H25ClN2. The lowest BCUT2D eigenvalue weighted by atomic mass is 10.1. The van der Waals surface area contributed by atoms with Crippen LogP contribution in [-0.4, -0.2) is 22.5 Å². The van der Waals surface area contributed by atoms with Crippen LogP contribution in [0.15, 0.2) is 18.3 Å². The molecule has 1 heterocycles. The summed E-state index contributed by atoms with van der Waals surface area (Å²) in [5, 5.41) is 0.582. The van der Waals surface area contributed by atoms with Gasteiger partial charge in [0.15, 0.2) is 0 Å². The lowest BCUT2D eigenvalue weighted by molar-refractivity contribution is 0.179. The van der Waals surface area contributed by atoms with E-state index in [1.165, 1.54) is 44.2 Å². The molecule has 1 saturated carbocycles. The Kier molecular flexibility index (Phi) is 5.65. The van der Waals surface area contributed by atoms with Crippen molar-refractivity contribution in [2.24, 2.45) is 5.92 Å². The minimum Gasteiger partial charge on any atom is -0.296 e. The van der Waals surface area contributed by atoms with Crippen LogP contribution in [0.1, 0.15) is 51.5 Å². The van der Waals surface area contributed by atoms with Crippen LogP contribution < -0.4 is 0 Å². The molecule has 0 amide bonds. The highest BCUT2D eigenvalue weighted by Crippen LogP contribution is 2.25. The summed E-state index contributed by atoms with van der Waals surface area (Å²) >= 11 is 5.85. The minimum absolute atomic E-state index is 0.582. The topological polar surface area (TPSA) is 16.1 Å². The minimum atomic E-state index is 0.582. The summed E-state index contributed by atoms with van der Waals surface area (Å²) in [4.78, 5) is 6.84. The van der Waals surface area contributed by atoms with Gasteiger partial charge in [-0.2, -0.15) is 0 Å². The van der Waals surface area contributed by atoms with Gasteiger partial charge in [-0.25, -0.2) is 4.98 Å². The Bertz CT molecular complexity index is 369. The van der Waals surface area contributed by atoms with Crippen LogP contribution in [0.5, 0.6) is 0 Å². The van der Waals surface area contributed by atoms with E-state index in [0.29, 0.717) is 5.15 Å². The fraction of sp³-hybridized carbons (Fsp3) is 0.688. The summed E-state index contributed by atoms with van der Waals surface area (Å²) in [6.07, 6.45) is 8.69. The summed E-state index contributed by atoms with van der Waals surface area (Å²) in [5.74, 6) is 0.771. The van der Waals surface area contributed by atoms with E-state index in [9.17, 15) is 0 Å². The Balaban J connectivity index is 1.97. The molecule has 0 bridgehead atoms. The van der Waals surface area contributed by atoms with Gasteiger partial charge < -0.3 is 0 Å². The average molecular weight is 281 g/mol. The monoisotopic (exact) mass is 280 g/mol. The van der Waals surface area contributed by atoms with E-state index in [1.54, 1.807) is 0 Å². The normalized spacial score (nSPS) is 16.7. The molecule has 3 heteroatoms. The van der Waals surface area contributed by atoms with Crippen molar-refractivity contribution < 1.29 is 0 Å². The number of halogens is 1. The van der Waals surface area contributed by atoms with Crippen molar-refractivity contribution in [2.75, 3.05) is 6.54 Å². The van der Waals surface area contributed by atoms with Gasteiger partial charge in [-0.1, -0.05) is 44.4 Å². The zero-order valence-electron chi connectivity index (χ0n) is 12.1. The average Bonchev–Trinajstić information content (AvgIpc) is 2.90. The molecule has 0 aliphatic heterocycles. The van der Waals surface area contributed by atoms with Gasteiger partial charge in [-0.15, -0.1) is 0 Å². The maximum atomic E-state index is 5.85. The molecule has 106 valence electrons. The quantitative estimate of drug-likeness (QED) is 0.712. The molecule has 0 N–H and O–H groups in total. The van der Waals surface area contributed by atoms with Crippen molar-refractivity contribution in [3.63, 3.8) is 0 Å². The molecule has 1 aliphatic rings. The zero-order chi connectivity index (χ0) is 13.7. The molecule has 0 unspecified atom stereocenters. The van der Waals surface area contributed by atoms with Gasteiger partial charge in [0.1, 0.15) is 5.15 Å². The maximum Gasteiger partial charge on any atom is 0.129 e. The van der Waals surface area contributed by atoms with E-state index in [1.807, 2.05) is 12.3 Å². The van der Waals surface area contributed by atoms with Crippen molar-refractivity contribution >= 4 is 11.6 Å². The van der Waals surface area contributed by atoms with Gasteiger partial charge in [0.2, 0.25) is 0 Å². The molecular weight excluding hydrogens is 256 g/mol. The fourth-order valence-electron chi connectivity index (χ4n) is 2.82. The van der Waals surface area contributed by atoms with Crippen molar-refractivity contribution in [2.45, 2.75) is 58.5 Å². The van der Waals surface area contributed by atoms with Crippen LogP contribution in [0.2, 0.25) is 5.15 Å². The van der Waals surface area contributed by atoms with Crippen molar-refractivity contribution in [3.8, 4) is 0 Å². The lowest BCUT2D eigenvalue weighted by Crippen LogP contribution is -2.34. The highest BCUT2D eigenvalue weighted by molar-refractivity contribution is 6.29. The molecule has 0 saturated heterocycles. The molecule has 0 spiro atoms. The molecule has 1 aliphatic carbocycles. The number of hydrogen-bond acceptors (Lipinski definition) is 2. The predicted octanol–water partition coefficient (Wildman–Crippen LogP) is 4.53. The number of rotatable bonds is 6. The fourth-order valence-corrected chi connectivity index (χ4v) is 2.93. The summed E-state index contributed by atoms with van der Waals surface area (Å²) in [5.41, 5.74) is 1.28. The molecule has 1 aromatic heterocycles. The van der Waals surface area contributed by atoms with Crippen molar-refractivity contribution in [1.82, 2.24) is 9.88 Å². The lowest BCUT2D eigenvalue weighted by Gasteiger charge is -2.29. The standard InChI is InChI=1S/C16H25ClN2/c1-13(2)9-10-19(15-5-3-4-6-15)12-14-7-8-16(17)18-11-14/h7-8,11,13,15H,3-6,9-10,12H2,1-2H3. The Morgan fingerprint density at radius 3 is 2.63 bits per heavy atom. The second-order valence-electron chi connectivity index (χ2n) is 6.08. The molecule has 1 fully saturated rings. The van der Waals surface area contributed by atoms with Crippen LogP contribution in [0.25, 0.3) is 0 Å². The summed E-state index contributed by atoms with van der Waals surface area (Å²) in [6.45, 7) is 6.82. The third kappa shape index (κ3) is 4.77. The Hall–Kier alpha value is -0.600. The molecule has 2 nitrogen and oxygen atoms in total. The molecule has 19 heavy (non-hydrogen) atoms. The summed E-state index contributed by atoms with van der Waals surface area (Å²) in [7, 11) is 0. The first kappa shape index (κ1) is 14.8. The Morgan fingerprint density at radius 1 is 1.32 bits per heavy atom. The Morgan fingerprint density at radius 2 is 2.05 bits per heavy atom. The number of pyridine rings is 1. The van der Waals surface area contributed by atoms with Crippen LogP contribution in [0.3, 0.4) is 0 Å². The van der Waals surface area contributed by atoms with Gasteiger partial charge in [0.05, 0.1) is 0 Å². The van der Waals surface area contributed by atoms with E-state index in [2.05, 4.69) is 29.8 Å². The van der Waals surface area contributed by atoms with E-state index in [-0.39, 0.29) is 0 Å². The van der Waals surface area contributed by atoms with Crippen LogP contribution in [0.4, 0.5) is 0 Å². The van der Waals surface area contributed by atoms with Crippen LogP contribution >= 0.6 is 11.6 Å². The second-order valence-corrected chi connectivity index (χ2v) is 6.47. The number of nitrogens with zero attached hydrogens (tertiary/aromatic N) is 2. The van der Waals surface area contributed by atoms with E-state index >= 15 is 0 Å². The van der Waals surface area contributed by atoms with Crippen molar-refractivity contribution in [1.29, 1.82) is 0 Å². The highest BCUT2D eigenvalue weighted by atomic mass is 35.5. The van der Waals surface area contributed by atoms with Crippen LogP contribution in [-0.2, 0) is 6.54 Å². The summed E-state index contributed by atoms with van der Waals surface area (Å²) in [6, 6.07) is 4.77. The number of hydrogen-bond donors (Lipinski definition) is 0. The van der Waals surface area contributed by atoms with E-state index in [4.69, 9.17) is 11.6 Å². The Labute approximate surface area is 122 Å². The molecule has 1 aromatic rings. The third-order valence-electron chi connectivity index (χ3n) is 4.01. The van der Waals surface area contributed by atoms with E-state index in [0.717, 1.165) is 18.5 Å². The van der Waals surface area contributed by atoms with Gasteiger partial charge in [-0.3, -0.25) is 4.90 Å². The molecule has 2 rings (SSSR count). The first-order valence-corrected chi connectivity index (χ1v) is 7.87. The number of aromatic nitrogens is 1. The van der Waals surface area contributed by atoms with Gasteiger partial charge in [-0.05, 0) is 43.4 Å². The van der Waals surface area contributed by atoms with Gasteiger partial charge >= 0.3 is 0 Å². The predicted molar refractivity (Wildman–Crippen MR) is 81.4 cm³/mol. The summed E-state index contributed by atoms with van der Waals surface area (Å²) < 4.78 is 0. The van der Waals surface area contributed by atoms with Gasteiger partial charge in [0.25, 0.3) is 0 Å². The first-order chi connectivity index (χ1) is 9.15. The molecule has 0 radical (unpaired) electrons. The SMILES string of the molecule is CC(C)CCN(Cc1ccc(Cl)nc1)C1CCCC1. The van der Waals surface area contributed by atoms with E-state index < -0.39 is 0 Å². The third-order valence-corrected chi connectivity index (χ3v) is 4.23. The largest absolute Gasteiger partial charge is 0.296 e. The van der Waals surface area contributed by atoms with Crippen molar-refractivity contribution in [3.05, 3.63) is 29.0 Å². The van der Waals surface area contributed by atoms with Crippen LogP contribution in [0, 0.1) is 5.92 Å².